The first kappa shape index (κ1) is 10.7. The molecule has 0 aliphatic rings. The van der Waals surface area contributed by atoms with E-state index in [-0.39, 0.29) is 0 Å². The minimum Gasteiger partial charge on any atom is -0.264 e. The Morgan fingerprint density at radius 3 is 2.11 bits per heavy atom. The molecule has 1 aromatic carbocycles. The molecule has 2 nitrogen and oxygen atoms in total. The van der Waals surface area contributed by atoms with Gasteiger partial charge in [-0.25, -0.2) is 0 Å². The van der Waals surface area contributed by atoms with E-state index < -0.39 is 0 Å². The summed E-state index contributed by atoms with van der Waals surface area (Å²) in [4.78, 5) is 8.39. The van der Waals surface area contributed by atoms with Gasteiger partial charge in [-0.3, -0.25) is 9.97 Å². The van der Waals surface area contributed by atoms with Crippen molar-refractivity contribution in [3.63, 3.8) is 0 Å². The van der Waals surface area contributed by atoms with Gasteiger partial charge >= 0.3 is 0 Å². The normalized spacial score (nSPS) is 10.2. The van der Waals surface area contributed by atoms with Gasteiger partial charge in [-0.2, -0.15) is 0 Å². The zero-order valence-corrected chi connectivity index (χ0v) is 9.82. The van der Waals surface area contributed by atoms with Gasteiger partial charge in [0.15, 0.2) is 0 Å². The summed E-state index contributed by atoms with van der Waals surface area (Å²) < 4.78 is 0. The number of pyridine rings is 2. The first-order valence-corrected chi connectivity index (χ1v) is 5.85. The molecule has 18 heavy (non-hydrogen) atoms. The van der Waals surface area contributed by atoms with Crippen molar-refractivity contribution in [2.75, 3.05) is 0 Å². The van der Waals surface area contributed by atoms with Crippen LogP contribution in [0.2, 0.25) is 0 Å². The van der Waals surface area contributed by atoms with Crippen LogP contribution < -0.4 is 0 Å². The Morgan fingerprint density at radius 1 is 0.556 bits per heavy atom. The SMILES string of the molecule is c1ccc(-c2ccncc2-c2cccnc2)cc1. The Hall–Kier alpha value is -2.48. The molecule has 3 aromatic rings. The van der Waals surface area contributed by atoms with Crippen molar-refractivity contribution in [1.82, 2.24) is 9.97 Å². The summed E-state index contributed by atoms with van der Waals surface area (Å²) in [6.45, 7) is 0. The highest BCUT2D eigenvalue weighted by atomic mass is 14.6. The molecule has 0 spiro atoms. The topological polar surface area (TPSA) is 25.8 Å². The van der Waals surface area contributed by atoms with Crippen LogP contribution >= 0.6 is 0 Å². The van der Waals surface area contributed by atoms with Gasteiger partial charge in [0, 0.05) is 35.9 Å². The molecule has 2 heteroatoms. The third kappa shape index (κ3) is 2.00. The van der Waals surface area contributed by atoms with E-state index in [9.17, 15) is 0 Å². The summed E-state index contributed by atoms with van der Waals surface area (Å²) in [5.74, 6) is 0. The summed E-state index contributed by atoms with van der Waals surface area (Å²) in [6, 6.07) is 16.4. The lowest BCUT2D eigenvalue weighted by molar-refractivity contribution is 1.30. The molecule has 2 heterocycles. The average Bonchev–Trinajstić information content (AvgIpc) is 2.49. The van der Waals surface area contributed by atoms with Crippen molar-refractivity contribution in [1.29, 1.82) is 0 Å². The Morgan fingerprint density at radius 2 is 1.33 bits per heavy atom. The molecule has 0 amide bonds. The number of nitrogens with zero attached hydrogens (tertiary/aromatic N) is 2. The van der Waals surface area contributed by atoms with E-state index in [0.717, 1.165) is 11.1 Å². The Balaban J connectivity index is 2.18. The highest BCUT2D eigenvalue weighted by Gasteiger charge is 2.06. The Labute approximate surface area is 106 Å². The van der Waals surface area contributed by atoms with Crippen LogP contribution in [0.1, 0.15) is 0 Å². The minimum atomic E-state index is 1.09. The summed E-state index contributed by atoms with van der Waals surface area (Å²) in [7, 11) is 0. The molecule has 0 aliphatic heterocycles. The predicted octanol–water partition coefficient (Wildman–Crippen LogP) is 3.81. The first-order valence-electron chi connectivity index (χ1n) is 5.85. The molecule has 3 rings (SSSR count). The maximum Gasteiger partial charge on any atom is 0.0353 e. The first-order chi connectivity index (χ1) is 8.95. The molecule has 86 valence electrons. The molecule has 0 fully saturated rings. The molecule has 0 atom stereocenters. The fourth-order valence-electron chi connectivity index (χ4n) is 2.02. The van der Waals surface area contributed by atoms with Gasteiger partial charge in [0.1, 0.15) is 0 Å². The smallest absolute Gasteiger partial charge is 0.0353 e. The summed E-state index contributed by atoms with van der Waals surface area (Å²) in [6.07, 6.45) is 7.35. The third-order valence-electron chi connectivity index (χ3n) is 2.88. The average molecular weight is 232 g/mol. The number of hydrogen-bond acceptors (Lipinski definition) is 2. The maximum absolute atomic E-state index is 4.22. The van der Waals surface area contributed by atoms with Crippen LogP contribution in [0.15, 0.2) is 73.3 Å². The number of aromatic nitrogens is 2. The van der Waals surface area contributed by atoms with Crippen LogP contribution in [0.25, 0.3) is 22.3 Å². The second-order valence-electron chi connectivity index (χ2n) is 4.03. The van der Waals surface area contributed by atoms with E-state index >= 15 is 0 Å². The lowest BCUT2D eigenvalue weighted by Gasteiger charge is -2.08. The number of hydrogen-bond donors (Lipinski definition) is 0. The van der Waals surface area contributed by atoms with E-state index in [1.165, 1.54) is 11.1 Å². The van der Waals surface area contributed by atoms with Gasteiger partial charge in [0.25, 0.3) is 0 Å². The predicted molar refractivity (Wildman–Crippen MR) is 72.9 cm³/mol. The molecule has 0 radical (unpaired) electrons. The van der Waals surface area contributed by atoms with Crippen LogP contribution in [0, 0.1) is 0 Å². The van der Waals surface area contributed by atoms with Crippen LogP contribution in [0.5, 0.6) is 0 Å². The lowest BCUT2D eigenvalue weighted by Crippen LogP contribution is -1.86. The van der Waals surface area contributed by atoms with E-state index in [2.05, 4.69) is 28.2 Å². The van der Waals surface area contributed by atoms with Gasteiger partial charge in [0.2, 0.25) is 0 Å². The molecule has 0 aliphatic carbocycles. The fraction of sp³-hybridized carbons (Fsp3) is 0. The molecule has 2 aromatic heterocycles. The highest BCUT2D eigenvalue weighted by molar-refractivity contribution is 5.82. The highest BCUT2D eigenvalue weighted by Crippen LogP contribution is 2.30. The van der Waals surface area contributed by atoms with Gasteiger partial charge in [-0.1, -0.05) is 36.4 Å². The summed E-state index contributed by atoms with van der Waals surface area (Å²) in [5, 5.41) is 0. The van der Waals surface area contributed by atoms with Crippen molar-refractivity contribution >= 4 is 0 Å². The molecule has 0 N–H and O–H groups in total. The van der Waals surface area contributed by atoms with E-state index in [1.54, 1.807) is 6.20 Å². The zero-order chi connectivity index (χ0) is 12.2. The van der Waals surface area contributed by atoms with Crippen molar-refractivity contribution in [3.05, 3.63) is 73.3 Å². The molecular formula is C16H12N2. The van der Waals surface area contributed by atoms with E-state index in [0.29, 0.717) is 0 Å². The summed E-state index contributed by atoms with van der Waals surface area (Å²) >= 11 is 0. The standard InChI is InChI=1S/C16H12N2/c1-2-5-13(6-3-1)15-8-10-18-12-16(15)14-7-4-9-17-11-14/h1-12H. The molecule has 0 saturated carbocycles. The number of rotatable bonds is 2. The van der Waals surface area contributed by atoms with Crippen LogP contribution in [0.4, 0.5) is 0 Å². The quantitative estimate of drug-likeness (QED) is 0.671. The van der Waals surface area contributed by atoms with Gasteiger partial charge in [-0.05, 0) is 23.3 Å². The van der Waals surface area contributed by atoms with Gasteiger partial charge in [0.05, 0.1) is 0 Å². The Bertz CT molecular complexity index is 575. The minimum absolute atomic E-state index is 1.09. The largest absolute Gasteiger partial charge is 0.264 e. The van der Waals surface area contributed by atoms with Gasteiger partial charge < -0.3 is 0 Å². The summed E-state index contributed by atoms with van der Waals surface area (Å²) in [5.41, 5.74) is 4.57. The van der Waals surface area contributed by atoms with Crippen molar-refractivity contribution in [2.24, 2.45) is 0 Å². The molecule has 0 unspecified atom stereocenters. The van der Waals surface area contributed by atoms with E-state index in [4.69, 9.17) is 0 Å². The second kappa shape index (κ2) is 4.80. The maximum atomic E-state index is 4.22. The van der Waals surface area contributed by atoms with Crippen molar-refractivity contribution < 1.29 is 0 Å². The van der Waals surface area contributed by atoms with Gasteiger partial charge in [-0.15, -0.1) is 0 Å². The second-order valence-corrected chi connectivity index (χ2v) is 4.03. The lowest BCUT2D eigenvalue weighted by atomic mass is 9.98. The van der Waals surface area contributed by atoms with Crippen molar-refractivity contribution in [3.8, 4) is 22.3 Å². The molecule has 0 bridgehead atoms. The third-order valence-corrected chi connectivity index (χ3v) is 2.88. The van der Waals surface area contributed by atoms with Crippen LogP contribution in [-0.2, 0) is 0 Å². The number of benzene rings is 1. The van der Waals surface area contributed by atoms with Crippen molar-refractivity contribution in [2.45, 2.75) is 0 Å². The van der Waals surface area contributed by atoms with Crippen LogP contribution in [0.3, 0.4) is 0 Å². The molecule has 0 saturated heterocycles. The monoisotopic (exact) mass is 232 g/mol. The van der Waals surface area contributed by atoms with E-state index in [1.807, 2.05) is 48.9 Å². The van der Waals surface area contributed by atoms with Crippen LogP contribution in [-0.4, -0.2) is 9.97 Å². The Kier molecular flexibility index (Phi) is 2.84. The fourth-order valence-corrected chi connectivity index (χ4v) is 2.02. The zero-order valence-electron chi connectivity index (χ0n) is 9.82. The molecular weight excluding hydrogens is 220 g/mol.